The van der Waals surface area contributed by atoms with Gasteiger partial charge in [0, 0.05) is 0 Å². The van der Waals surface area contributed by atoms with E-state index in [1.807, 2.05) is 0 Å². The van der Waals surface area contributed by atoms with Crippen molar-refractivity contribution in [3.05, 3.63) is 0 Å². The minimum Gasteiger partial charge on any atom is -0.466 e. The quantitative estimate of drug-likeness (QED) is 0.176. The van der Waals surface area contributed by atoms with Crippen LogP contribution in [0, 0.1) is 11.8 Å². The van der Waals surface area contributed by atoms with Crippen LogP contribution in [-0.2, 0) is 19.1 Å². The van der Waals surface area contributed by atoms with E-state index in [1.165, 1.54) is 70.6 Å². The maximum Gasteiger partial charge on any atom is 0.309 e. The highest BCUT2D eigenvalue weighted by molar-refractivity contribution is 5.80. The molecule has 0 aliphatic carbocycles. The third-order valence-corrected chi connectivity index (χ3v) is 5.48. The summed E-state index contributed by atoms with van der Waals surface area (Å²) >= 11 is 0. The Labute approximate surface area is 174 Å². The van der Waals surface area contributed by atoms with E-state index in [0.717, 1.165) is 12.8 Å². The van der Waals surface area contributed by atoms with Crippen LogP contribution in [0.15, 0.2) is 0 Å². The highest BCUT2D eigenvalue weighted by Gasteiger charge is 2.29. The summed E-state index contributed by atoms with van der Waals surface area (Å²) < 4.78 is 10.2. The first-order valence-electron chi connectivity index (χ1n) is 11.9. The summed E-state index contributed by atoms with van der Waals surface area (Å²) in [7, 11) is 0. The fourth-order valence-corrected chi connectivity index (χ4v) is 3.67. The zero-order chi connectivity index (χ0) is 21.0. The highest BCUT2D eigenvalue weighted by atomic mass is 16.5. The third-order valence-electron chi connectivity index (χ3n) is 5.48. The molecule has 0 saturated heterocycles. The standard InChI is InChI=1S/C24H46O4/c1-5-8-9-10-11-12-13-14-15-16-17-18-19-21(4)22(24(26)28-7-3)20-23(25)27-6-2/h21-22H,5-20H2,1-4H3. The van der Waals surface area contributed by atoms with Gasteiger partial charge in [0.2, 0.25) is 0 Å². The Bertz CT molecular complexity index is 381. The molecule has 0 rings (SSSR count). The van der Waals surface area contributed by atoms with E-state index in [0.29, 0.717) is 13.2 Å². The molecule has 0 spiro atoms. The van der Waals surface area contributed by atoms with Crippen LogP contribution in [0.4, 0.5) is 0 Å². The number of carbonyl (C=O) groups is 2. The van der Waals surface area contributed by atoms with Crippen LogP contribution in [0.5, 0.6) is 0 Å². The number of unbranched alkanes of at least 4 members (excludes halogenated alkanes) is 11. The Balaban J connectivity index is 3.87. The molecule has 166 valence electrons. The number of esters is 2. The monoisotopic (exact) mass is 398 g/mol. The van der Waals surface area contributed by atoms with Crippen molar-refractivity contribution in [2.75, 3.05) is 13.2 Å². The number of hydrogen-bond donors (Lipinski definition) is 0. The van der Waals surface area contributed by atoms with Gasteiger partial charge in [0.1, 0.15) is 0 Å². The third kappa shape index (κ3) is 14.9. The van der Waals surface area contributed by atoms with Gasteiger partial charge in [-0.25, -0.2) is 0 Å². The average Bonchev–Trinajstić information content (AvgIpc) is 2.67. The zero-order valence-electron chi connectivity index (χ0n) is 19.1. The van der Waals surface area contributed by atoms with Crippen molar-refractivity contribution in [2.24, 2.45) is 11.8 Å². The van der Waals surface area contributed by atoms with Gasteiger partial charge in [-0.1, -0.05) is 90.9 Å². The topological polar surface area (TPSA) is 52.6 Å². The van der Waals surface area contributed by atoms with Crippen molar-refractivity contribution >= 4 is 11.9 Å². The molecule has 0 radical (unpaired) electrons. The fraction of sp³-hybridized carbons (Fsp3) is 0.917. The van der Waals surface area contributed by atoms with Gasteiger partial charge in [0.25, 0.3) is 0 Å². The number of ether oxygens (including phenoxy) is 2. The second kappa shape index (κ2) is 19.3. The average molecular weight is 399 g/mol. The molecule has 0 fully saturated rings. The molecule has 0 heterocycles. The molecule has 0 aromatic carbocycles. The molecule has 0 aliphatic rings. The molecule has 0 saturated carbocycles. The lowest BCUT2D eigenvalue weighted by molar-refractivity contribution is -0.156. The molecule has 0 bridgehead atoms. The summed E-state index contributed by atoms with van der Waals surface area (Å²) in [5, 5.41) is 0. The SMILES string of the molecule is CCCCCCCCCCCCCCC(C)C(CC(=O)OCC)C(=O)OCC. The van der Waals surface area contributed by atoms with Gasteiger partial charge >= 0.3 is 11.9 Å². The first-order chi connectivity index (χ1) is 13.6. The maximum absolute atomic E-state index is 12.2. The molecule has 0 aromatic rings. The molecule has 2 unspecified atom stereocenters. The van der Waals surface area contributed by atoms with Crippen molar-refractivity contribution in [3.63, 3.8) is 0 Å². The summed E-state index contributed by atoms with van der Waals surface area (Å²) in [6, 6.07) is 0. The van der Waals surface area contributed by atoms with Crippen LogP contribution in [0.1, 0.15) is 118 Å². The van der Waals surface area contributed by atoms with Crippen molar-refractivity contribution < 1.29 is 19.1 Å². The van der Waals surface area contributed by atoms with Gasteiger partial charge < -0.3 is 9.47 Å². The summed E-state index contributed by atoms with van der Waals surface area (Å²) in [4.78, 5) is 24.0. The molecule has 0 amide bonds. The Morgan fingerprint density at radius 3 is 1.61 bits per heavy atom. The Kier molecular flexibility index (Phi) is 18.5. The normalized spacial score (nSPS) is 13.1. The predicted octanol–water partition coefficient (Wildman–Crippen LogP) is 6.85. The maximum atomic E-state index is 12.2. The minimum absolute atomic E-state index is 0.131. The van der Waals surface area contributed by atoms with Crippen molar-refractivity contribution in [3.8, 4) is 0 Å². The predicted molar refractivity (Wildman–Crippen MR) is 116 cm³/mol. The summed E-state index contributed by atoms with van der Waals surface area (Å²) in [6.07, 6.45) is 17.0. The molecule has 4 heteroatoms. The lowest BCUT2D eigenvalue weighted by atomic mass is 9.86. The molecule has 0 aliphatic heterocycles. The van der Waals surface area contributed by atoms with Crippen LogP contribution in [0.25, 0.3) is 0 Å². The number of rotatable bonds is 19. The number of carbonyl (C=O) groups excluding carboxylic acids is 2. The summed E-state index contributed by atoms with van der Waals surface area (Å²) in [5.74, 6) is -0.803. The molecule has 0 N–H and O–H groups in total. The van der Waals surface area contributed by atoms with Gasteiger partial charge in [0.15, 0.2) is 0 Å². The molecule has 0 aromatic heterocycles. The van der Waals surface area contributed by atoms with E-state index < -0.39 is 0 Å². The minimum atomic E-state index is -0.383. The van der Waals surface area contributed by atoms with E-state index in [9.17, 15) is 9.59 Å². The van der Waals surface area contributed by atoms with Gasteiger partial charge in [0.05, 0.1) is 25.6 Å². The van der Waals surface area contributed by atoms with Crippen molar-refractivity contribution in [2.45, 2.75) is 118 Å². The molecular formula is C24H46O4. The second-order valence-corrected chi connectivity index (χ2v) is 8.02. The molecule has 2 atom stereocenters. The molecular weight excluding hydrogens is 352 g/mol. The largest absolute Gasteiger partial charge is 0.466 e. The Morgan fingerprint density at radius 2 is 1.14 bits per heavy atom. The van der Waals surface area contributed by atoms with Gasteiger partial charge in [-0.2, -0.15) is 0 Å². The first-order valence-corrected chi connectivity index (χ1v) is 11.9. The van der Waals surface area contributed by atoms with Crippen LogP contribution in [-0.4, -0.2) is 25.2 Å². The molecule has 28 heavy (non-hydrogen) atoms. The van der Waals surface area contributed by atoms with Crippen LogP contribution in [0.2, 0.25) is 0 Å². The van der Waals surface area contributed by atoms with E-state index in [-0.39, 0.29) is 30.2 Å². The second-order valence-electron chi connectivity index (χ2n) is 8.02. The molecule has 4 nitrogen and oxygen atoms in total. The van der Waals surface area contributed by atoms with Crippen molar-refractivity contribution in [1.29, 1.82) is 0 Å². The van der Waals surface area contributed by atoms with E-state index >= 15 is 0 Å². The van der Waals surface area contributed by atoms with Crippen LogP contribution >= 0.6 is 0 Å². The summed E-state index contributed by atoms with van der Waals surface area (Å²) in [5.41, 5.74) is 0. The van der Waals surface area contributed by atoms with E-state index in [1.54, 1.807) is 13.8 Å². The summed E-state index contributed by atoms with van der Waals surface area (Å²) in [6.45, 7) is 8.60. The first kappa shape index (κ1) is 26.9. The number of hydrogen-bond acceptors (Lipinski definition) is 4. The zero-order valence-corrected chi connectivity index (χ0v) is 19.1. The van der Waals surface area contributed by atoms with E-state index in [4.69, 9.17) is 9.47 Å². The van der Waals surface area contributed by atoms with E-state index in [2.05, 4.69) is 13.8 Å². The highest BCUT2D eigenvalue weighted by Crippen LogP contribution is 2.24. The van der Waals surface area contributed by atoms with Crippen LogP contribution < -0.4 is 0 Å². The van der Waals surface area contributed by atoms with Gasteiger partial charge in [-0.05, 0) is 26.2 Å². The van der Waals surface area contributed by atoms with Gasteiger partial charge in [-0.3, -0.25) is 9.59 Å². The fourth-order valence-electron chi connectivity index (χ4n) is 3.67. The van der Waals surface area contributed by atoms with Crippen LogP contribution in [0.3, 0.4) is 0 Å². The van der Waals surface area contributed by atoms with Crippen molar-refractivity contribution in [1.82, 2.24) is 0 Å². The lowest BCUT2D eigenvalue weighted by Crippen LogP contribution is -2.27. The van der Waals surface area contributed by atoms with Gasteiger partial charge in [-0.15, -0.1) is 0 Å². The lowest BCUT2D eigenvalue weighted by Gasteiger charge is -2.21. The smallest absolute Gasteiger partial charge is 0.309 e. The Morgan fingerprint density at radius 1 is 0.679 bits per heavy atom. The Hall–Kier alpha value is -1.06.